The summed E-state index contributed by atoms with van der Waals surface area (Å²) in [4.78, 5) is 13.0. The average molecular weight is 499 g/mol. The van der Waals surface area contributed by atoms with Gasteiger partial charge in [-0.3, -0.25) is 4.79 Å². The Morgan fingerprint density at radius 2 is 1.70 bits per heavy atom. The summed E-state index contributed by atoms with van der Waals surface area (Å²) in [7, 11) is 1.87. The number of rotatable bonds is 8. The normalized spacial score (nSPS) is 16.7. The van der Waals surface area contributed by atoms with Crippen molar-refractivity contribution in [2.75, 3.05) is 46.8 Å². The number of hydrogen-bond acceptors (Lipinski definition) is 7. The van der Waals surface area contributed by atoms with E-state index in [9.17, 15) is 13.2 Å². The molecule has 1 fully saturated rings. The van der Waals surface area contributed by atoms with Gasteiger partial charge >= 0.3 is 0 Å². The van der Waals surface area contributed by atoms with Gasteiger partial charge in [0.05, 0.1) is 45.1 Å². The molecule has 3 rings (SSSR count). The van der Waals surface area contributed by atoms with Crippen LogP contribution in [0.2, 0.25) is 5.02 Å². The van der Waals surface area contributed by atoms with Crippen molar-refractivity contribution >= 4 is 33.2 Å². The lowest BCUT2D eigenvalue weighted by Crippen LogP contribution is -2.43. The molecule has 1 heterocycles. The van der Waals surface area contributed by atoms with Crippen LogP contribution in [0.15, 0.2) is 35.2 Å². The first-order valence-electron chi connectivity index (χ1n) is 10.2. The largest absolute Gasteiger partial charge is 0.497 e. The van der Waals surface area contributed by atoms with Crippen molar-refractivity contribution in [1.29, 1.82) is 0 Å². The number of ether oxygens (including phenoxy) is 4. The Hall–Kier alpha value is -2.69. The van der Waals surface area contributed by atoms with E-state index in [0.29, 0.717) is 47.3 Å². The van der Waals surface area contributed by atoms with Crippen LogP contribution in [0.25, 0.3) is 0 Å². The molecule has 2 aromatic rings. The Kier molecular flexibility index (Phi) is 7.93. The van der Waals surface area contributed by atoms with Crippen molar-refractivity contribution in [3.63, 3.8) is 0 Å². The van der Waals surface area contributed by atoms with Gasteiger partial charge in [0.2, 0.25) is 15.9 Å². The molecule has 0 radical (unpaired) electrons. The zero-order valence-corrected chi connectivity index (χ0v) is 20.5. The van der Waals surface area contributed by atoms with Gasteiger partial charge in [-0.2, -0.15) is 4.31 Å². The smallest absolute Gasteiger partial charge is 0.246 e. The van der Waals surface area contributed by atoms with Crippen LogP contribution in [0.5, 0.6) is 23.0 Å². The minimum Gasteiger partial charge on any atom is -0.497 e. The minimum absolute atomic E-state index is 0.00508. The predicted molar refractivity (Wildman–Crippen MR) is 124 cm³/mol. The van der Waals surface area contributed by atoms with Gasteiger partial charge in [0.1, 0.15) is 27.9 Å². The summed E-state index contributed by atoms with van der Waals surface area (Å²) >= 11 is 6.13. The van der Waals surface area contributed by atoms with Crippen molar-refractivity contribution in [2.45, 2.75) is 17.7 Å². The molecular formula is C22H27ClN2O7S. The van der Waals surface area contributed by atoms with Crippen molar-refractivity contribution in [2.24, 2.45) is 5.92 Å². The Bertz CT molecular complexity index is 1120. The van der Waals surface area contributed by atoms with Crippen molar-refractivity contribution in [3.05, 3.63) is 35.4 Å². The molecule has 1 aliphatic heterocycles. The highest BCUT2D eigenvalue weighted by molar-refractivity contribution is 7.89. The number of carbonyl (C=O) groups excluding carboxylic acids is 1. The van der Waals surface area contributed by atoms with Crippen LogP contribution in [0.4, 0.5) is 5.69 Å². The predicted octanol–water partition coefficient (Wildman–Crippen LogP) is 3.41. The van der Waals surface area contributed by atoms with Gasteiger partial charge < -0.3 is 24.3 Å². The molecule has 0 unspecified atom stereocenters. The van der Waals surface area contributed by atoms with Crippen molar-refractivity contribution in [3.8, 4) is 23.0 Å². The number of carbonyl (C=O) groups is 1. The fourth-order valence-corrected chi connectivity index (χ4v) is 5.62. The van der Waals surface area contributed by atoms with Crippen LogP contribution in [0.1, 0.15) is 12.8 Å². The second-order valence-electron chi connectivity index (χ2n) is 7.40. The van der Waals surface area contributed by atoms with Gasteiger partial charge in [-0.05, 0) is 25.0 Å². The summed E-state index contributed by atoms with van der Waals surface area (Å²) in [6.45, 7) is 0.326. The molecule has 9 nitrogen and oxygen atoms in total. The molecule has 1 aliphatic rings. The zero-order chi connectivity index (χ0) is 24.2. The second kappa shape index (κ2) is 10.5. The number of amides is 1. The lowest BCUT2D eigenvalue weighted by Gasteiger charge is -2.31. The van der Waals surface area contributed by atoms with E-state index in [1.54, 1.807) is 24.3 Å². The summed E-state index contributed by atoms with van der Waals surface area (Å²) in [5.74, 6) is 0.470. The molecule has 0 aliphatic carbocycles. The van der Waals surface area contributed by atoms with Crippen LogP contribution in [-0.2, 0) is 14.8 Å². The maximum absolute atomic E-state index is 13.4. The number of benzene rings is 2. The van der Waals surface area contributed by atoms with E-state index in [-0.39, 0.29) is 23.1 Å². The first kappa shape index (κ1) is 24.9. The van der Waals surface area contributed by atoms with E-state index in [1.165, 1.54) is 38.8 Å². The third kappa shape index (κ3) is 5.29. The number of anilines is 1. The van der Waals surface area contributed by atoms with Crippen LogP contribution >= 0.6 is 11.6 Å². The summed E-state index contributed by atoms with van der Waals surface area (Å²) in [6.07, 6.45) is 1.07. The fourth-order valence-electron chi connectivity index (χ4n) is 3.69. The lowest BCUT2D eigenvalue weighted by atomic mass is 9.98. The SMILES string of the molecule is COc1ccc(OC)c(S(=O)(=O)N2CCC[C@H](C(=O)Nc3cc(OC)c(Cl)cc3OC)C2)c1. The molecular weight excluding hydrogens is 472 g/mol. The quantitative estimate of drug-likeness (QED) is 0.594. The van der Waals surface area contributed by atoms with E-state index in [1.807, 2.05) is 0 Å². The highest BCUT2D eigenvalue weighted by Crippen LogP contribution is 2.37. The van der Waals surface area contributed by atoms with E-state index in [2.05, 4.69) is 5.32 Å². The Balaban J connectivity index is 1.83. The molecule has 0 spiro atoms. The Morgan fingerprint density at radius 1 is 1.00 bits per heavy atom. The maximum atomic E-state index is 13.4. The van der Waals surface area contributed by atoms with Crippen LogP contribution < -0.4 is 24.3 Å². The third-order valence-electron chi connectivity index (χ3n) is 5.48. The minimum atomic E-state index is -3.92. The van der Waals surface area contributed by atoms with Gasteiger partial charge in [-0.1, -0.05) is 11.6 Å². The summed E-state index contributed by atoms with van der Waals surface area (Å²) in [5.41, 5.74) is 0.387. The van der Waals surface area contributed by atoms with Gasteiger partial charge in [-0.25, -0.2) is 8.42 Å². The molecule has 2 aromatic carbocycles. The number of halogens is 1. The fraction of sp³-hybridized carbons (Fsp3) is 0.409. The molecule has 33 heavy (non-hydrogen) atoms. The molecule has 180 valence electrons. The average Bonchev–Trinajstić information content (AvgIpc) is 2.84. The van der Waals surface area contributed by atoms with Crippen LogP contribution in [-0.4, -0.2) is 60.2 Å². The third-order valence-corrected chi connectivity index (χ3v) is 7.66. The second-order valence-corrected chi connectivity index (χ2v) is 9.71. The Morgan fingerprint density at radius 3 is 2.33 bits per heavy atom. The molecule has 11 heteroatoms. The van der Waals surface area contributed by atoms with Gasteiger partial charge in [0, 0.05) is 31.3 Å². The zero-order valence-electron chi connectivity index (χ0n) is 18.9. The summed E-state index contributed by atoms with van der Waals surface area (Å²) < 4.78 is 49.0. The summed E-state index contributed by atoms with van der Waals surface area (Å²) in [6, 6.07) is 7.70. The topological polar surface area (TPSA) is 103 Å². The first-order chi connectivity index (χ1) is 15.7. The van der Waals surface area contributed by atoms with Crippen molar-refractivity contribution < 1.29 is 32.2 Å². The number of hydrogen-bond donors (Lipinski definition) is 1. The van der Waals surface area contributed by atoms with Crippen molar-refractivity contribution in [1.82, 2.24) is 4.31 Å². The van der Waals surface area contributed by atoms with E-state index in [4.69, 9.17) is 30.5 Å². The monoisotopic (exact) mass is 498 g/mol. The van der Waals surface area contributed by atoms with Gasteiger partial charge in [0.25, 0.3) is 0 Å². The Labute approximate surface area is 198 Å². The maximum Gasteiger partial charge on any atom is 0.246 e. The molecule has 1 saturated heterocycles. The molecule has 0 bridgehead atoms. The van der Waals surface area contributed by atoms with E-state index in [0.717, 1.165) is 0 Å². The van der Waals surface area contributed by atoms with Crippen LogP contribution in [0.3, 0.4) is 0 Å². The first-order valence-corrected chi connectivity index (χ1v) is 12.0. The number of piperidine rings is 1. The number of methoxy groups -OCH3 is 4. The summed E-state index contributed by atoms with van der Waals surface area (Å²) in [5, 5.41) is 3.16. The van der Waals surface area contributed by atoms with E-state index < -0.39 is 15.9 Å². The van der Waals surface area contributed by atoms with Gasteiger partial charge in [-0.15, -0.1) is 0 Å². The molecule has 1 amide bonds. The molecule has 0 aromatic heterocycles. The number of nitrogens with one attached hydrogen (secondary N) is 1. The highest BCUT2D eigenvalue weighted by Gasteiger charge is 2.35. The standard InChI is InChI=1S/C22H27ClN2O7S/c1-29-15-7-8-18(30-2)21(10-15)33(27,28)25-9-5-6-14(13-25)22(26)24-17-12-19(31-3)16(23)11-20(17)32-4/h7-8,10-12,14H,5-6,9,13H2,1-4H3,(H,24,26)/t14-/m0/s1. The lowest BCUT2D eigenvalue weighted by molar-refractivity contribution is -0.120. The molecule has 1 atom stereocenters. The van der Waals surface area contributed by atoms with Crippen LogP contribution in [0, 0.1) is 5.92 Å². The molecule has 1 N–H and O–H groups in total. The molecule has 0 saturated carbocycles. The number of nitrogens with zero attached hydrogens (tertiary/aromatic N) is 1. The van der Waals surface area contributed by atoms with E-state index >= 15 is 0 Å². The van der Waals surface area contributed by atoms with Gasteiger partial charge in [0.15, 0.2) is 0 Å². The highest BCUT2D eigenvalue weighted by atomic mass is 35.5. The number of sulfonamides is 1.